The van der Waals surface area contributed by atoms with Gasteiger partial charge in [0, 0.05) is 31.7 Å². The molecule has 3 rings (SSSR count). The van der Waals surface area contributed by atoms with Crippen molar-refractivity contribution in [3.8, 4) is 0 Å². The molecule has 1 amide bonds. The Balaban J connectivity index is 1.46. The number of aromatic nitrogens is 1. The van der Waals surface area contributed by atoms with E-state index in [0.29, 0.717) is 31.2 Å². The highest BCUT2D eigenvalue weighted by molar-refractivity contribution is 5.76. The Bertz CT molecular complexity index is 619. The van der Waals surface area contributed by atoms with E-state index in [-0.39, 0.29) is 11.9 Å². The largest absolute Gasteiger partial charge is 0.417 e. The lowest BCUT2D eigenvalue weighted by atomic mass is 10.0. The molecule has 25 heavy (non-hydrogen) atoms. The quantitative estimate of drug-likeness (QED) is 0.842. The fraction of sp³-hybridized carbons (Fsp3) is 0.556. The number of nitrogens with zero attached hydrogens (tertiary/aromatic N) is 2. The Kier molecular flexibility index (Phi) is 5.30. The van der Waals surface area contributed by atoms with Crippen LogP contribution >= 0.6 is 0 Å². The van der Waals surface area contributed by atoms with Crippen LogP contribution in [-0.2, 0) is 11.0 Å². The van der Waals surface area contributed by atoms with Crippen molar-refractivity contribution in [2.45, 2.75) is 44.3 Å². The second-order valence-corrected chi connectivity index (χ2v) is 6.70. The van der Waals surface area contributed by atoms with Gasteiger partial charge in [0.15, 0.2) is 0 Å². The molecule has 2 heterocycles. The summed E-state index contributed by atoms with van der Waals surface area (Å²) in [5, 5.41) is 3.08. The number of halogens is 3. The van der Waals surface area contributed by atoms with Crippen LogP contribution in [0, 0.1) is 5.92 Å². The molecule has 7 heteroatoms. The molecule has 1 unspecified atom stereocenters. The van der Waals surface area contributed by atoms with E-state index in [4.69, 9.17) is 0 Å². The van der Waals surface area contributed by atoms with Gasteiger partial charge >= 0.3 is 6.18 Å². The summed E-state index contributed by atoms with van der Waals surface area (Å²) in [5.41, 5.74) is -0.737. The van der Waals surface area contributed by atoms with Crippen LogP contribution in [0.3, 0.4) is 0 Å². The van der Waals surface area contributed by atoms with Gasteiger partial charge in [-0.25, -0.2) is 4.98 Å². The molecule has 4 nitrogen and oxygen atoms in total. The number of pyridine rings is 1. The molecule has 0 radical (unpaired) electrons. The average Bonchev–Trinajstić information content (AvgIpc) is 3.08. The third-order valence-electron chi connectivity index (χ3n) is 4.82. The van der Waals surface area contributed by atoms with Gasteiger partial charge in [-0.05, 0) is 43.7 Å². The molecule has 0 saturated carbocycles. The van der Waals surface area contributed by atoms with Gasteiger partial charge in [-0.2, -0.15) is 13.2 Å². The molecule has 1 aliphatic heterocycles. The minimum atomic E-state index is -4.36. The third-order valence-corrected chi connectivity index (χ3v) is 4.82. The van der Waals surface area contributed by atoms with E-state index in [1.807, 2.05) is 4.90 Å². The molecule has 136 valence electrons. The fourth-order valence-electron chi connectivity index (χ4n) is 3.38. The third kappa shape index (κ3) is 4.74. The molecule has 0 bridgehead atoms. The maximum Gasteiger partial charge on any atom is 0.417 e. The lowest BCUT2D eigenvalue weighted by Crippen LogP contribution is -2.45. The standard InChI is InChI=1S/C18H22F3N3O/c19-18(20,21)14-5-6-16(22-12-14)24-9-7-15(8-10-24)23-17(25)11-13-3-1-2-4-13/h1,3,5-6,12-13,15H,2,4,7-11H2,(H,23,25). The van der Waals surface area contributed by atoms with Crippen molar-refractivity contribution >= 4 is 11.7 Å². The lowest BCUT2D eigenvalue weighted by Gasteiger charge is -2.33. The van der Waals surface area contributed by atoms with Crippen LogP contribution in [0.2, 0.25) is 0 Å². The van der Waals surface area contributed by atoms with E-state index >= 15 is 0 Å². The van der Waals surface area contributed by atoms with Crippen LogP contribution in [0.15, 0.2) is 30.5 Å². The van der Waals surface area contributed by atoms with Gasteiger partial charge in [-0.15, -0.1) is 0 Å². The molecule has 0 aromatic carbocycles. The minimum absolute atomic E-state index is 0.0858. The topological polar surface area (TPSA) is 45.2 Å². The predicted octanol–water partition coefficient (Wildman–Crippen LogP) is 3.54. The van der Waals surface area contributed by atoms with E-state index in [9.17, 15) is 18.0 Å². The first-order valence-electron chi connectivity index (χ1n) is 8.66. The van der Waals surface area contributed by atoms with Gasteiger partial charge in [-0.3, -0.25) is 4.79 Å². The smallest absolute Gasteiger partial charge is 0.356 e. The molecule has 0 spiro atoms. The summed E-state index contributed by atoms with van der Waals surface area (Å²) in [4.78, 5) is 18.0. The Morgan fingerprint density at radius 2 is 2.00 bits per heavy atom. The molecule has 1 aromatic heterocycles. The summed E-state index contributed by atoms with van der Waals surface area (Å²) in [7, 11) is 0. The highest BCUT2D eigenvalue weighted by Crippen LogP contribution is 2.29. The molecule has 1 saturated heterocycles. The number of hydrogen-bond donors (Lipinski definition) is 1. The highest BCUT2D eigenvalue weighted by Gasteiger charge is 2.31. The van der Waals surface area contributed by atoms with E-state index in [0.717, 1.165) is 37.9 Å². The second-order valence-electron chi connectivity index (χ2n) is 6.70. The number of hydrogen-bond acceptors (Lipinski definition) is 3. The van der Waals surface area contributed by atoms with E-state index in [2.05, 4.69) is 22.5 Å². The van der Waals surface area contributed by atoms with E-state index in [1.165, 1.54) is 6.07 Å². The van der Waals surface area contributed by atoms with Gasteiger partial charge in [-0.1, -0.05) is 12.2 Å². The molecule has 1 N–H and O–H groups in total. The summed E-state index contributed by atoms with van der Waals surface area (Å²) >= 11 is 0. The molecule has 1 aromatic rings. The van der Waals surface area contributed by atoms with Crippen LogP contribution in [0.5, 0.6) is 0 Å². The van der Waals surface area contributed by atoms with E-state index in [1.54, 1.807) is 0 Å². The zero-order valence-electron chi connectivity index (χ0n) is 13.9. The number of alkyl halides is 3. The summed E-state index contributed by atoms with van der Waals surface area (Å²) in [6, 6.07) is 2.60. The predicted molar refractivity (Wildman–Crippen MR) is 89.1 cm³/mol. The Morgan fingerprint density at radius 1 is 1.24 bits per heavy atom. The van der Waals surface area contributed by atoms with Crippen LogP contribution in [0.25, 0.3) is 0 Å². The zero-order chi connectivity index (χ0) is 17.9. The fourth-order valence-corrected chi connectivity index (χ4v) is 3.38. The molecule has 1 aliphatic carbocycles. The number of allylic oxidation sites excluding steroid dienone is 2. The highest BCUT2D eigenvalue weighted by atomic mass is 19.4. The van der Waals surface area contributed by atoms with Gasteiger partial charge in [0.1, 0.15) is 5.82 Å². The minimum Gasteiger partial charge on any atom is -0.356 e. The van der Waals surface area contributed by atoms with Crippen molar-refractivity contribution in [2.75, 3.05) is 18.0 Å². The Morgan fingerprint density at radius 3 is 2.56 bits per heavy atom. The number of nitrogens with one attached hydrogen (secondary N) is 1. The number of amides is 1. The second kappa shape index (κ2) is 7.45. The lowest BCUT2D eigenvalue weighted by molar-refractivity contribution is -0.137. The molecule has 2 aliphatic rings. The van der Waals surface area contributed by atoms with Crippen molar-refractivity contribution in [3.63, 3.8) is 0 Å². The summed E-state index contributed by atoms with van der Waals surface area (Å²) < 4.78 is 37.7. The molecular weight excluding hydrogens is 331 g/mol. The van der Waals surface area contributed by atoms with Gasteiger partial charge < -0.3 is 10.2 Å². The summed E-state index contributed by atoms with van der Waals surface area (Å²) in [6.45, 7) is 1.35. The number of carbonyl (C=O) groups is 1. The first kappa shape index (κ1) is 17.8. The zero-order valence-corrected chi connectivity index (χ0v) is 13.9. The van der Waals surface area contributed by atoms with Crippen molar-refractivity contribution in [2.24, 2.45) is 5.92 Å². The Labute approximate surface area is 145 Å². The number of piperidine rings is 1. The number of anilines is 1. The average molecular weight is 353 g/mol. The summed E-state index contributed by atoms with van der Waals surface area (Å²) in [5.74, 6) is 0.993. The number of carbonyl (C=O) groups excluding carboxylic acids is 1. The normalized spacial score (nSPS) is 21.6. The van der Waals surface area contributed by atoms with Crippen LogP contribution in [0.1, 0.15) is 37.7 Å². The molecular formula is C18H22F3N3O. The SMILES string of the molecule is O=C(CC1C=CCC1)NC1CCN(c2ccc(C(F)(F)F)cn2)CC1. The van der Waals surface area contributed by atoms with Gasteiger partial charge in [0.2, 0.25) is 5.91 Å². The van der Waals surface area contributed by atoms with Crippen LogP contribution in [-0.4, -0.2) is 30.0 Å². The van der Waals surface area contributed by atoms with Gasteiger partial charge in [0.05, 0.1) is 5.56 Å². The van der Waals surface area contributed by atoms with Crippen molar-refractivity contribution < 1.29 is 18.0 Å². The van der Waals surface area contributed by atoms with Crippen molar-refractivity contribution in [3.05, 3.63) is 36.0 Å². The molecule has 1 atom stereocenters. The first-order chi connectivity index (χ1) is 11.9. The monoisotopic (exact) mass is 353 g/mol. The van der Waals surface area contributed by atoms with Crippen molar-refractivity contribution in [1.29, 1.82) is 0 Å². The maximum absolute atomic E-state index is 12.6. The van der Waals surface area contributed by atoms with Crippen molar-refractivity contribution in [1.82, 2.24) is 10.3 Å². The summed E-state index contributed by atoms with van der Waals surface area (Å²) in [6.07, 6.45) is 4.92. The first-order valence-corrected chi connectivity index (χ1v) is 8.66. The van der Waals surface area contributed by atoms with E-state index < -0.39 is 11.7 Å². The molecule has 1 fully saturated rings. The number of rotatable bonds is 4. The van der Waals surface area contributed by atoms with Gasteiger partial charge in [0.25, 0.3) is 0 Å². The van der Waals surface area contributed by atoms with Crippen LogP contribution < -0.4 is 10.2 Å². The Hall–Kier alpha value is -2.05. The maximum atomic E-state index is 12.6. The van der Waals surface area contributed by atoms with Crippen LogP contribution in [0.4, 0.5) is 19.0 Å².